The first-order valence-electron chi connectivity index (χ1n) is 5.97. The van der Waals surface area contributed by atoms with E-state index in [0.29, 0.717) is 25.1 Å². The maximum Gasteiger partial charge on any atom is 0.327 e. The summed E-state index contributed by atoms with van der Waals surface area (Å²) in [7, 11) is 0. The van der Waals surface area contributed by atoms with E-state index >= 15 is 0 Å². The quantitative estimate of drug-likeness (QED) is 0.740. The third-order valence-corrected chi connectivity index (χ3v) is 4.15. The summed E-state index contributed by atoms with van der Waals surface area (Å²) < 4.78 is 0. The van der Waals surface area contributed by atoms with Gasteiger partial charge in [-0.1, -0.05) is 13.3 Å². The fourth-order valence-corrected chi connectivity index (χ4v) is 3.48. The topological polar surface area (TPSA) is 83.6 Å². The van der Waals surface area contributed by atoms with Crippen molar-refractivity contribution in [3.63, 3.8) is 0 Å². The lowest BCUT2D eigenvalue weighted by Crippen LogP contribution is -2.45. The Kier molecular flexibility index (Phi) is 5.77. The van der Waals surface area contributed by atoms with Crippen molar-refractivity contribution in [2.24, 2.45) is 5.73 Å². The zero-order chi connectivity index (χ0) is 12.8. The summed E-state index contributed by atoms with van der Waals surface area (Å²) in [6, 6.07) is -0.665. The Morgan fingerprint density at radius 1 is 1.53 bits per heavy atom. The Labute approximate surface area is 106 Å². The zero-order valence-electron chi connectivity index (χ0n) is 10.1. The molecule has 1 aliphatic rings. The van der Waals surface area contributed by atoms with Crippen LogP contribution in [0.4, 0.5) is 0 Å². The van der Waals surface area contributed by atoms with E-state index in [-0.39, 0.29) is 11.3 Å². The summed E-state index contributed by atoms with van der Waals surface area (Å²) in [4.78, 5) is 24.7. The van der Waals surface area contributed by atoms with Crippen LogP contribution < -0.4 is 5.73 Å². The van der Waals surface area contributed by atoms with E-state index in [1.54, 1.807) is 16.7 Å². The van der Waals surface area contributed by atoms with E-state index in [4.69, 9.17) is 10.8 Å². The van der Waals surface area contributed by atoms with Gasteiger partial charge in [-0.3, -0.25) is 4.79 Å². The Balaban J connectivity index is 2.70. The van der Waals surface area contributed by atoms with Crippen LogP contribution in [0.1, 0.15) is 32.6 Å². The second-order valence-corrected chi connectivity index (χ2v) is 5.33. The minimum atomic E-state index is -0.905. The van der Waals surface area contributed by atoms with Gasteiger partial charge in [0.25, 0.3) is 0 Å². The van der Waals surface area contributed by atoms with Gasteiger partial charge < -0.3 is 15.7 Å². The van der Waals surface area contributed by atoms with E-state index in [2.05, 4.69) is 0 Å². The van der Waals surface area contributed by atoms with Gasteiger partial charge >= 0.3 is 5.97 Å². The van der Waals surface area contributed by atoms with Crippen LogP contribution in [0.3, 0.4) is 0 Å². The number of nitrogens with two attached hydrogens (primary N) is 1. The highest BCUT2D eigenvalue weighted by Gasteiger charge is 2.40. The van der Waals surface area contributed by atoms with Crippen molar-refractivity contribution in [1.29, 1.82) is 0 Å². The average Bonchev–Trinajstić information content (AvgIpc) is 2.70. The van der Waals surface area contributed by atoms with Crippen LogP contribution >= 0.6 is 11.8 Å². The van der Waals surface area contributed by atoms with Crippen molar-refractivity contribution in [1.82, 2.24) is 4.90 Å². The molecule has 2 atom stereocenters. The Morgan fingerprint density at radius 2 is 2.24 bits per heavy atom. The maximum atomic E-state index is 12.0. The zero-order valence-corrected chi connectivity index (χ0v) is 10.9. The average molecular weight is 260 g/mol. The molecule has 5 nitrogen and oxygen atoms in total. The molecule has 0 aromatic heterocycles. The molecule has 3 N–H and O–H groups in total. The van der Waals surface area contributed by atoms with Gasteiger partial charge in [-0.2, -0.15) is 0 Å². The highest BCUT2D eigenvalue weighted by Crippen LogP contribution is 2.32. The highest BCUT2D eigenvalue weighted by atomic mass is 32.2. The third-order valence-electron chi connectivity index (χ3n) is 2.80. The summed E-state index contributed by atoms with van der Waals surface area (Å²) in [5, 5.41) is 9.13. The molecule has 0 radical (unpaired) electrons. The predicted octanol–water partition coefficient (Wildman–Crippen LogP) is 0.880. The third kappa shape index (κ3) is 3.61. The van der Waals surface area contributed by atoms with Crippen LogP contribution in [-0.2, 0) is 9.59 Å². The number of hydrogen-bond donors (Lipinski definition) is 2. The Bertz CT molecular complexity index is 286. The smallest absolute Gasteiger partial charge is 0.327 e. The van der Waals surface area contributed by atoms with E-state index in [1.807, 2.05) is 6.92 Å². The molecule has 1 amide bonds. The van der Waals surface area contributed by atoms with Crippen molar-refractivity contribution in [2.45, 2.75) is 44.0 Å². The number of carbonyl (C=O) groups excluding carboxylic acids is 1. The molecular formula is C11H20N2O3S. The number of carboxylic acid groups (broad SMARTS) is 1. The normalized spacial score (nSPS) is 24.0. The molecule has 0 aliphatic carbocycles. The number of carboxylic acids is 1. The van der Waals surface area contributed by atoms with Crippen molar-refractivity contribution < 1.29 is 14.7 Å². The van der Waals surface area contributed by atoms with E-state index < -0.39 is 12.0 Å². The van der Waals surface area contributed by atoms with Crippen LogP contribution in [0.2, 0.25) is 0 Å². The molecule has 6 heteroatoms. The molecule has 1 fully saturated rings. The first-order chi connectivity index (χ1) is 8.11. The second-order valence-electron chi connectivity index (χ2n) is 4.12. The number of aliphatic carboxylic acids is 1. The number of carbonyl (C=O) groups is 2. The molecule has 1 aliphatic heterocycles. The van der Waals surface area contributed by atoms with Crippen molar-refractivity contribution >= 4 is 23.6 Å². The first kappa shape index (κ1) is 14.3. The first-order valence-corrected chi connectivity index (χ1v) is 7.02. The molecule has 1 saturated heterocycles. The van der Waals surface area contributed by atoms with Crippen molar-refractivity contribution in [3.05, 3.63) is 0 Å². The monoisotopic (exact) mass is 260 g/mol. The van der Waals surface area contributed by atoms with E-state index in [0.717, 1.165) is 12.8 Å². The van der Waals surface area contributed by atoms with Crippen LogP contribution in [0.25, 0.3) is 0 Å². The fourth-order valence-electron chi connectivity index (χ4n) is 1.94. The van der Waals surface area contributed by atoms with E-state index in [1.165, 1.54) is 0 Å². The molecule has 0 saturated carbocycles. The van der Waals surface area contributed by atoms with E-state index in [9.17, 15) is 9.59 Å². The standard InChI is InChI=1S/C11H20N2O3S/c1-2-4-10-13(9(14)5-3-6-12)8(7-17-10)11(15)16/h8,10H,2-7,12H2,1H3,(H,15,16). The highest BCUT2D eigenvalue weighted by molar-refractivity contribution is 8.00. The molecule has 17 heavy (non-hydrogen) atoms. The second kappa shape index (κ2) is 6.86. The Hall–Kier alpha value is -0.750. The van der Waals surface area contributed by atoms with Gasteiger partial charge in [0, 0.05) is 12.2 Å². The molecule has 0 bridgehead atoms. The maximum absolute atomic E-state index is 12.0. The molecule has 98 valence electrons. The number of rotatable bonds is 6. The minimum absolute atomic E-state index is 0.0198. The van der Waals surface area contributed by atoms with Gasteiger partial charge in [-0.25, -0.2) is 4.79 Å². The number of hydrogen-bond acceptors (Lipinski definition) is 4. The van der Waals surface area contributed by atoms with Gasteiger partial charge in [0.2, 0.25) is 5.91 Å². The summed E-state index contributed by atoms with van der Waals surface area (Å²) in [5.41, 5.74) is 5.37. The van der Waals surface area contributed by atoms with Gasteiger partial charge in [-0.15, -0.1) is 11.8 Å². The lowest BCUT2D eigenvalue weighted by Gasteiger charge is -2.27. The molecule has 0 aromatic carbocycles. The van der Waals surface area contributed by atoms with Gasteiger partial charge in [0.15, 0.2) is 0 Å². The summed E-state index contributed by atoms with van der Waals surface area (Å²) in [6.07, 6.45) is 2.76. The number of nitrogens with zero attached hydrogens (tertiary/aromatic N) is 1. The fraction of sp³-hybridized carbons (Fsp3) is 0.818. The van der Waals surface area contributed by atoms with Gasteiger partial charge in [-0.05, 0) is 19.4 Å². The Morgan fingerprint density at radius 3 is 2.76 bits per heavy atom. The molecule has 1 heterocycles. The van der Waals surface area contributed by atoms with Gasteiger partial charge in [0.1, 0.15) is 6.04 Å². The lowest BCUT2D eigenvalue weighted by molar-refractivity contribution is -0.149. The lowest BCUT2D eigenvalue weighted by atomic mass is 10.2. The summed E-state index contributed by atoms with van der Waals surface area (Å²) >= 11 is 1.57. The van der Waals surface area contributed by atoms with Crippen molar-refractivity contribution in [2.75, 3.05) is 12.3 Å². The largest absolute Gasteiger partial charge is 0.480 e. The van der Waals surface area contributed by atoms with Crippen molar-refractivity contribution in [3.8, 4) is 0 Å². The van der Waals surface area contributed by atoms with Gasteiger partial charge in [0.05, 0.1) is 5.37 Å². The summed E-state index contributed by atoms with van der Waals surface area (Å²) in [6.45, 7) is 2.50. The molecule has 0 aromatic rings. The molecule has 1 rings (SSSR count). The number of amides is 1. The minimum Gasteiger partial charge on any atom is -0.480 e. The summed E-state index contributed by atoms with van der Waals surface area (Å²) in [5.74, 6) is -0.488. The van der Waals surface area contributed by atoms with Crippen LogP contribution in [0.5, 0.6) is 0 Å². The molecular weight excluding hydrogens is 240 g/mol. The van der Waals surface area contributed by atoms with Crippen LogP contribution in [0.15, 0.2) is 0 Å². The molecule has 0 spiro atoms. The van der Waals surface area contributed by atoms with Crippen LogP contribution in [0, 0.1) is 0 Å². The predicted molar refractivity (Wildman–Crippen MR) is 67.7 cm³/mol. The van der Waals surface area contributed by atoms with Crippen LogP contribution in [-0.4, -0.2) is 45.6 Å². The SMILES string of the molecule is CCCC1SCC(C(=O)O)N1C(=O)CCCN. The molecule has 2 unspecified atom stereocenters. The number of thioether (sulfide) groups is 1.